The Morgan fingerprint density at radius 2 is 1.70 bits per heavy atom. The van der Waals surface area contributed by atoms with Crippen molar-refractivity contribution in [3.05, 3.63) is 59.4 Å². The number of halogens is 3. The van der Waals surface area contributed by atoms with E-state index in [1.165, 1.54) is 0 Å². The number of anilines is 2. The SMILES string of the molecule is CC(C)c1ccccc1NC(=O)CNc1ccc(F)c(F)c1F. The molecule has 0 aliphatic heterocycles. The molecule has 0 aliphatic rings. The number of amides is 1. The summed E-state index contributed by atoms with van der Waals surface area (Å²) in [4.78, 5) is 12.0. The molecule has 6 heteroatoms. The molecule has 0 atom stereocenters. The second-order valence-corrected chi connectivity index (χ2v) is 5.37. The molecule has 3 nitrogen and oxygen atoms in total. The van der Waals surface area contributed by atoms with Crippen LogP contribution in [0.3, 0.4) is 0 Å². The zero-order valence-electron chi connectivity index (χ0n) is 12.8. The zero-order chi connectivity index (χ0) is 17.0. The largest absolute Gasteiger partial charge is 0.374 e. The minimum Gasteiger partial charge on any atom is -0.374 e. The Kier molecular flexibility index (Phi) is 5.26. The Balaban J connectivity index is 2.03. The van der Waals surface area contributed by atoms with Crippen LogP contribution in [0.1, 0.15) is 25.3 Å². The third-order valence-corrected chi connectivity index (χ3v) is 3.33. The van der Waals surface area contributed by atoms with E-state index in [4.69, 9.17) is 0 Å². The topological polar surface area (TPSA) is 41.1 Å². The van der Waals surface area contributed by atoms with Gasteiger partial charge in [0.1, 0.15) is 0 Å². The summed E-state index contributed by atoms with van der Waals surface area (Å²) in [6.45, 7) is 3.73. The highest BCUT2D eigenvalue weighted by molar-refractivity contribution is 5.94. The summed E-state index contributed by atoms with van der Waals surface area (Å²) >= 11 is 0. The second kappa shape index (κ2) is 7.17. The first-order valence-electron chi connectivity index (χ1n) is 7.16. The van der Waals surface area contributed by atoms with E-state index in [1.807, 2.05) is 26.0 Å². The van der Waals surface area contributed by atoms with Gasteiger partial charge in [0.2, 0.25) is 5.91 Å². The molecule has 2 aromatic rings. The molecule has 0 heterocycles. The normalized spacial score (nSPS) is 10.7. The predicted octanol–water partition coefficient (Wildman–Crippen LogP) is 4.28. The molecule has 1 amide bonds. The van der Waals surface area contributed by atoms with Crippen molar-refractivity contribution in [2.45, 2.75) is 19.8 Å². The Hall–Kier alpha value is -2.50. The van der Waals surface area contributed by atoms with E-state index in [9.17, 15) is 18.0 Å². The molecule has 0 aromatic heterocycles. The number of para-hydroxylation sites is 1. The van der Waals surface area contributed by atoms with Crippen LogP contribution in [-0.2, 0) is 4.79 Å². The average molecular weight is 322 g/mol. The van der Waals surface area contributed by atoms with Crippen molar-refractivity contribution in [3.8, 4) is 0 Å². The van der Waals surface area contributed by atoms with E-state index in [1.54, 1.807) is 12.1 Å². The van der Waals surface area contributed by atoms with Gasteiger partial charge in [0, 0.05) is 5.69 Å². The van der Waals surface area contributed by atoms with E-state index in [0.717, 1.165) is 17.7 Å². The maximum atomic E-state index is 13.5. The van der Waals surface area contributed by atoms with Gasteiger partial charge in [-0.2, -0.15) is 0 Å². The predicted molar refractivity (Wildman–Crippen MR) is 84.0 cm³/mol. The Morgan fingerprint density at radius 3 is 2.39 bits per heavy atom. The summed E-state index contributed by atoms with van der Waals surface area (Å²) in [7, 11) is 0. The van der Waals surface area contributed by atoms with Gasteiger partial charge in [0.25, 0.3) is 0 Å². The van der Waals surface area contributed by atoms with Crippen LogP contribution in [-0.4, -0.2) is 12.5 Å². The smallest absolute Gasteiger partial charge is 0.243 e. The fourth-order valence-corrected chi connectivity index (χ4v) is 2.15. The molecule has 122 valence electrons. The van der Waals surface area contributed by atoms with Crippen molar-refractivity contribution < 1.29 is 18.0 Å². The van der Waals surface area contributed by atoms with Gasteiger partial charge in [-0.15, -0.1) is 0 Å². The number of carbonyl (C=O) groups is 1. The fourth-order valence-electron chi connectivity index (χ4n) is 2.15. The molecule has 0 aliphatic carbocycles. The van der Waals surface area contributed by atoms with Crippen LogP contribution in [0.25, 0.3) is 0 Å². The van der Waals surface area contributed by atoms with Crippen LogP contribution < -0.4 is 10.6 Å². The third kappa shape index (κ3) is 4.03. The number of benzene rings is 2. The first kappa shape index (κ1) is 16.9. The van der Waals surface area contributed by atoms with E-state index in [0.29, 0.717) is 5.69 Å². The molecule has 2 aromatic carbocycles. The molecular weight excluding hydrogens is 305 g/mol. The molecule has 0 spiro atoms. The lowest BCUT2D eigenvalue weighted by molar-refractivity contribution is -0.114. The fraction of sp³-hybridized carbons (Fsp3) is 0.235. The van der Waals surface area contributed by atoms with Gasteiger partial charge in [-0.05, 0) is 29.7 Å². The highest BCUT2D eigenvalue weighted by atomic mass is 19.2. The van der Waals surface area contributed by atoms with Crippen molar-refractivity contribution in [1.29, 1.82) is 0 Å². The highest BCUT2D eigenvalue weighted by Gasteiger charge is 2.14. The number of hydrogen-bond donors (Lipinski definition) is 2. The molecule has 0 saturated heterocycles. The van der Waals surface area contributed by atoms with E-state index < -0.39 is 23.4 Å². The van der Waals surface area contributed by atoms with Crippen LogP contribution >= 0.6 is 0 Å². The number of carbonyl (C=O) groups excluding carboxylic acids is 1. The first-order chi connectivity index (χ1) is 10.9. The monoisotopic (exact) mass is 322 g/mol. The average Bonchev–Trinajstić information content (AvgIpc) is 2.52. The molecule has 2 rings (SSSR count). The van der Waals surface area contributed by atoms with Crippen molar-refractivity contribution >= 4 is 17.3 Å². The standard InChI is InChI=1S/C17H17F3N2O/c1-10(2)11-5-3-4-6-13(11)22-15(23)9-21-14-8-7-12(18)16(19)17(14)20/h3-8,10,21H,9H2,1-2H3,(H,22,23). The van der Waals surface area contributed by atoms with Crippen molar-refractivity contribution in [3.63, 3.8) is 0 Å². The summed E-state index contributed by atoms with van der Waals surface area (Å²) < 4.78 is 39.5. The molecule has 0 bridgehead atoms. The summed E-state index contributed by atoms with van der Waals surface area (Å²) in [5.74, 6) is -4.38. The second-order valence-electron chi connectivity index (χ2n) is 5.37. The summed E-state index contributed by atoms with van der Waals surface area (Å²) in [5, 5.41) is 5.17. The van der Waals surface area contributed by atoms with Crippen molar-refractivity contribution in [2.24, 2.45) is 0 Å². The van der Waals surface area contributed by atoms with Gasteiger partial charge in [0.05, 0.1) is 12.2 Å². The van der Waals surface area contributed by atoms with Gasteiger partial charge in [-0.25, -0.2) is 13.2 Å². The summed E-state index contributed by atoms with van der Waals surface area (Å²) in [6, 6.07) is 9.19. The molecule has 0 saturated carbocycles. The quantitative estimate of drug-likeness (QED) is 0.807. The Labute approximate surface area is 132 Å². The zero-order valence-corrected chi connectivity index (χ0v) is 12.8. The number of rotatable bonds is 5. The van der Waals surface area contributed by atoms with E-state index in [-0.39, 0.29) is 18.2 Å². The number of nitrogens with one attached hydrogen (secondary N) is 2. The molecule has 2 N–H and O–H groups in total. The molecular formula is C17H17F3N2O. The van der Waals surface area contributed by atoms with E-state index in [2.05, 4.69) is 10.6 Å². The van der Waals surface area contributed by atoms with Crippen LogP contribution in [0.4, 0.5) is 24.5 Å². The molecule has 0 fully saturated rings. The summed E-state index contributed by atoms with van der Waals surface area (Å²) in [5.41, 5.74) is 1.37. The van der Waals surface area contributed by atoms with Crippen molar-refractivity contribution in [2.75, 3.05) is 17.2 Å². The van der Waals surface area contributed by atoms with Gasteiger partial charge in [-0.1, -0.05) is 32.0 Å². The van der Waals surface area contributed by atoms with Gasteiger partial charge in [-0.3, -0.25) is 4.79 Å². The van der Waals surface area contributed by atoms with Crippen molar-refractivity contribution in [1.82, 2.24) is 0 Å². The van der Waals surface area contributed by atoms with Gasteiger partial charge in [0.15, 0.2) is 17.5 Å². The minimum absolute atomic E-state index is 0.225. The van der Waals surface area contributed by atoms with Crippen LogP contribution in [0.15, 0.2) is 36.4 Å². The minimum atomic E-state index is -1.57. The van der Waals surface area contributed by atoms with Crippen LogP contribution in [0.2, 0.25) is 0 Å². The summed E-state index contributed by atoms with van der Waals surface area (Å²) in [6.07, 6.45) is 0. The lowest BCUT2D eigenvalue weighted by Gasteiger charge is -2.14. The molecule has 0 radical (unpaired) electrons. The lowest BCUT2D eigenvalue weighted by Crippen LogP contribution is -2.23. The van der Waals surface area contributed by atoms with Gasteiger partial charge >= 0.3 is 0 Å². The highest BCUT2D eigenvalue weighted by Crippen LogP contribution is 2.24. The van der Waals surface area contributed by atoms with Crippen LogP contribution in [0.5, 0.6) is 0 Å². The maximum Gasteiger partial charge on any atom is 0.243 e. The maximum absolute atomic E-state index is 13.5. The van der Waals surface area contributed by atoms with Crippen LogP contribution in [0, 0.1) is 17.5 Å². The van der Waals surface area contributed by atoms with E-state index >= 15 is 0 Å². The molecule has 23 heavy (non-hydrogen) atoms. The molecule has 0 unspecified atom stereocenters. The Bertz CT molecular complexity index is 717. The lowest BCUT2D eigenvalue weighted by atomic mass is 10.0. The Morgan fingerprint density at radius 1 is 1.00 bits per heavy atom. The third-order valence-electron chi connectivity index (χ3n) is 3.33. The first-order valence-corrected chi connectivity index (χ1v) is 7.16. The number of hydrogen-bond acceptors (Lipinski definition) is 2. The van der Waals surface area contributed by atoms with Gasteiger partial charge < -0.3 is 10.6 Å².